The van der Waals surface area contributed by atoms with E-state index in [9.17, 15) is 18.0 Å². The molecular formula is C22H27N3O4S2. The first-order valence-corrected chi connectivity index (χ1v) is 12.8. The summed E-state index contributed by atoms with van der Waals surface area (Å²) in [6, 6.07) is 5.96. The number of rotatable bonds is 4. The average molecular weight is 462 g/mol. The first-order valence-electron chi connectivity index (χ1n) is 10.5. The summed E-state index contributed by atoms with van der Waals surface area (Å²) in [6.45, 7) is 6.52. The normalized spacial score (nSPS) is 21.5. The molecule has 31 heavy (non-hydrogen) atoms. The van der Waals surface area contributed by atoms with Crippen LogP contribution in [0.2, 0.25) is 0 Å². The molecule has 1 unspecified atom stereocenters. The van der Waals surface area contributed by atoms with Crippen molar-refractivity contribution >= 4 is 38.2 Å². The smallest absolute Gasteiger partial charge is 0.257 e. The van der Waals surface area contributed by atoms with E-state index in [1.807, 2.05) is 20.8 Å². The van der Waals surface area contributed by atoms with E-state index in [4.69, 9.17) is 0 Å². The summed E-state index contributed by atoms with van der Waals surface area (Å²) in [5.41, 5.74) is 0.941. The molecular weight excluding hydrogens is 434 g/mol. The van der Waals surface area contributed by atoms with Gasteiger partial charge in [0.05, 0.1) is 15.5 Å². The summed E-state index contributed by atoms with van der Waals surface area (Å²) < 4.78 is 27.4. The maximum Gasteiger partial charge on any atom is 0.257 e. The summed E-state index contributed by atoms with van der Waals surface area (Å²) >= 11 is 1.20. The summed E-state index contributed by atoms with van der Waals surface area (Å²) in [5.74, 6) is -0.321. The summed E-state index contributed by atoms with van der Waals surface area (Å²) in [5, 5.41) is 3.14. The van der Waals surface area contributed by atoms with Crippen molar-refractivity contribution in [1.29, 1.82) is 0 Å². The molecule has 0 radical (unpaired) electrons. The molecule has 2 aliphatic rings. The lowest BCUT2D eigenvalue weighted by Gasteiger charge is -2.32. The van der Waals surface area contributed by atoms with Gasteiger partial charge >= 0.3 is 0 Å². The number of hydrogen-bond donors (Lipinski definition) is 1. The molecule has 9 heteroatoms. The van der Waals surface area contributed by atoms with Gasteiger partial charge < -0.3 is 0 Å². The summed E-state index contributed by atoms with van der Waals surface area (Å²) in [7, 11) is -3.58. The lowest BCUT2D eigenvalue weighted by molar-refractivity contribution is 0.0915. The summed E-state index contributed by atoms with van der Waals surface area (Å²) in [4.78, 5) is 30.3. The molecule has 7 nitrogen and oxygen atoms in total. The van der Waals surface area contributed by atoms with E-state index < -0.39 is 10.0 Å². The Labute approximate surface area is 186 Å². The number of hydrogen-bond acceptors (Lipinski definition) is 6. The second-order valence-corrected chi connectivity index (χ2v) is 12.1. The highest BCUT2D eigenvalue weighted by molar-refractivity contribution is 7.89. The van der Waals surface area contributed by atoms with Gasteiger partial charge in [0, 0.05) is 24.6 Å². The first-order chi connectivity index (χ1) is 14.6. The Balaban J connectivity index is 1.49. The highest BCUT2D eigenvalue weighted by Crippen LogP contribution is 2.38. The number of anilines is 1. The maximum atomic E-state index is 13.0. The molecule has 2 aromatic rings. The van der Waals surface area contributed by atoms with Crippen LogP contribution in [-0.2, 0) is 16.4 Å². The quantitative estimate of drug-likeness (QED) is 0.739. The fourth-order valence-corrected chi connectivity index (χ4v) is 6.90. The predicted molar refractivity (Wildman–Crippen MR) is 120 cm³/mol. The molecule has 1 aromatic carbocycles. The van der Waals surface area contributed by atoms with Crippen LogP contribution in [0.25, 0.3) is 0 Å². The SMILES string of the molecule is CC1CCCCN1S(=O)(=O)c1ccc(C(=O)Nc2nc3c(s2)C(=O)CC(C)(C)C3)cc1. The zero-order valence-corrected chi connectivity index (χ0v) is 19.6. The van der Waals surface area contributed by atoms with Crippen molar-refractivity contribution in [3.05, 3.63) is 40.4 Å². The van der Waals surface area contributed by atoms with Crippen LogP contribution < -0.4 is 5.32 Å². The second kappa shape index (κ2) is 8.11. The van der Waals surface area contributed by atoms with Crippen LogP contribution in [0.4, 0.5) is 5.13 Å². The van der Waals surface area contributed by atoms with Crippen LogP contribution in [0, 0.1) is 5.41 Å². The molecule has 1 amide bonds. The highest BCUT2D eigenvalue weighted by atomic mass is 32.2. The highest BCUT2D eigenvalue weighted by Gasteiger charge is 2.34. The Morgan fingerprint density at radius 1 is 1.19 bits per heavy atom. The number of benzene rings is 1. The lowest BCUT2D eigenvalue weighted by Crippen LogP contribution is -2.41. The van der Waals surface area contributed by atoms with Gasteiger partial charge in [-0.05, 0) is 55.9 Å². The Kier molecular flexibility index (Phi) is 5.78. The Morgan fingerprint density at radius 3 is 2.58 bits per heavy atom. The number of ketones is 1. The number of carbonyl (C=O) groups is 2. The van der Waals surface area contributed by atoms with Gasteiger partial charge in [0.1, 0.15) is 0 Å². The van der Waals surface area contributed by atoms with Crippen molar-refractivity contribution in [2.45, 2.75) is 63.8 Å². The molecule has 2 heterocycles. The van der Waals surface area contributed by atoms with Crippen molar-refractivity contribution in [3.63, 3.8) is 0 Å². The predicted octanol–water partition coefficient (Wildman–Crippen LogP) is 4.11. The van der Waals surface area contributed by atoms with E-state index in [2.05, 4.69) is 10.3 Å². The third-order valence-corrected chi connectivity index (χ3v) is 9.00. The first kappa shape index (κ1) is 22.1. The standard InChI is InChI=1S/C22H27N3O4S2/c1-14-6-4-5-11-25(14)31(28,29)16-9-7-15(8-10-16)20(27)24-21-23-17-12-22(2,3)13-18(26)19(17)30-21/h7-10,14H,4-6,11-13H2,1-3H3,(H,23,24,27). The number of carbonyl (C=O) groups excluding carboxylic acids is 2. The number of piperidine rings is 1. The molecule has 1 aliphatic carbocycles. The van der Waals surface area contributed by atoms with E-state index in [-0.39, 0.29) is 28.0 Å². The second-order valence-electron chi connectivity index (χ2n) is 9.17. The summed E-state index contributed by atoms with van der Waals surface area (Å²) in [6.07, 6.45) is 3.93. The van der Waals surface area contributed by atoms with Crippen LogP contribution in [0.15, 0.2) is 29.2 Å². The van der Waals surface area contributed by atoms with E-state index in [0.29, 0.717) is 35.0 Å². The minimum absolute atomic E-state index is 0.0228. The van der Waals surface area contributed by atoms with Crippen LogP contribution >= 0.6 is 11.3 Å². The minimum Gasteiger partial charge on any atom is -0.298 e. The Morgan fingerprint density at radius 2 is 1.90 bits per heavy atom. The van der Waals surface area contributed by atoms with Gasteiger partial charge in [-0.2, -0.15) is 4.31 Å². The molecule has 166 valence electrons. The average Bonchev–Trinajstić information content (AvgIpc) is 3.09. The number of thiazole rings is 1. The van der Waals surface area contributed by atoms with Crippen molar-refractivity contribution in [2.75, 3.05) is 11.9 Å². The maximum absolute atomic E-state index is 13.0. The van der Waals surface area contributed by atoms with Crippen LogP contribution in [0.5, 0.6) is 0 Å². The number of amides is 1. The molecule has 0 bridgehead atoms. The fraction of sp³-hybridized carbons (Fsp3) is 0.500. The third kappa shape index (κ3) is 4.44. The van der Waals surface area contributed by atoms with Crippen molar-refractivity contribution < 1.29 is 18.0 Å². The van der Waals surface area contributed by atoms with Crippen molar-refractivity contribution in [2.24, 2.45) is 5.41 Å². The van der Waals surface area contributed by atoms with E-state index in [0.717, 1.165) is 25.0 Å². The number of sulfonamides is 1. The number of nitrogens with one attached hydrogen (secondary N) is 1. The molecule has 4 rings (SSSR count). The monoisotopic (exact) mass is 461 g/mol. The van der Waals surface area contributed by atoms with Crippen LogP contribution in [0.3, 0.4) is 0 Å². The van der Waals surface area contributed by atoms with Gasteiger partial charge in [-0.1, -0.05) is 31.6 Å². The number of Topliss-reactive ketones (excluding diaryl/α,β-unsaturated/α-hetero) is 1. The number of nitrogens with zero attached hydrogens (tertiary/aromatic N) is 2. The molecule has 1 N–H and O–H groups in total. The molecule has 1 atom stereocenters. The van der Waals surface area contributed by atoms with E-state index in [1.54, 1.807) is 4.31 Å². The molecule has 1 aromatic heterocycles. The van der Waals surface area contributed by atoms with Crippen molar-refractivity contribution in [3.8, 4) is 0 Å². The Bertz CT molecular complexity index is 1120. The molecule has 1 saturated heterocycles. The fourth-order valence-electron chi connectivity index (χ4n) is 4.29. The van der Waals surface area contributed by atoms with Gasteiger partial charge in [0.2, 0.25) is 10.0 Å². The van der Waals surface area contributed by atoms with Crippen molar-refractivity contribution in [1.82, 2.24) is 9.29 Å². The van der Waals surface area contributed by atoms with Gasteiger partial charge in [-0.15, -0.1) is 0 Å². The largest absolute Gasteiger partial charge is 0.298 e. The molecule has 0 saturated carbocycles. The van der Waals surface area contributed by atoms with Gasteiger partial charge in [-0.3, -0.25) is 14.9 Å². The topological polar surface area (TPSA) is 96.4 Å². The van der Waals surface area contributed by atoms with Gasteiger partial charge in [-0.25, -0.2) is 13.4 Å². The molecule has 1 fully saturated rings. The van der Waals surface area contributed by atoms with E-state index >= 15 is 0 Å². The number of fused-ring (bicyclic) bond motifs is 1. The third-order valence-electron chi connectivity index (χ3n) is 5.92. The molecule has 1 aliphatic heterocycles. The minimum atomic E-state index is -3.58. The van der Waals surface area contributed by atoms with E-state index in [1.165, 1.54) is 35.6 Å². The zero-order valence-electron chi connectivity index (χ0n) is 18.0. The van der Waals surface area contributed by atoms with Gasteiger partial charge in [0.15, 0.2) is 10.9 Å². The Hall–Kier alpha value is -2.10. The van der Waals surface area contributed by atoms with Crippen LogP contribution in [0.1, 0.15) is 72.2 Å². The van der Waals surface area contributed by atoms with Crippen LogP contribution in [-0.4, -0.2) is 42.0 Å². The number of aromatic nitrogens is 1. The van der Waals surface area contributed by atoms with Gasteiger partial charge in [0.25, 0.3) is 5.91 Å². The lowest BCUT2D eigenvalue weighted by atomic mass is 9.78. The molecule has 0 spiro atoms. The zero-order chi connectivity index (χ0) is 22.4.